The molecule has 2 N–H and O–H groups in total. The van der Waals surface area contributed by atoms with Crippen LogP contribution in [0, 0.1) is 0 Å². The summed E-state index contributed by atoms with van der Waals surface area (Å²) in [4.78, 5) is 0. The van der Waals surface area contributed by atoms with E-state index in [-0.39, 0.29) is 6.04 Å². The molecule has 1 heterocycles. The number of nitrogens with two attached hydrogens (primary N) is 1. The van der Waals surface area contributed by atoms with Crippen LogP contribution in [-0.4, -0.2) is 15.8 Å². The fourth-order valence-electron chi connectivity index (χ4n) is 0.930. The number of rotatable bonds is 2. The highest BCUT2D eigenvalue weighted by molar-refractivity contribution is 9.10. The Kier molecular flexibility index (Phi) is 3.27. The summed E-state index contributed by atoms with van der Waals surface area (Å²) in [5.41, 5.74) is 7.93. The second-order valence-corrected chi connectivity index (χ2v) is 4.03. The van der Waals surface area contributed by atoms with Gasteiger partial charge in [-0.15, -0.1) is 0 Å². The van der Waals surface area contributed by atoms with E-state index < -0.39 is 0 Å². The summed E-state index contributed by atoms with van der Waals surface area (Å²) in [6.45, 7) is 3.99. The maximum atomic E-state index is 5.74. The molecular weight excluding hydrogens is 230 g/mol. The maximum Gasteiger partial charge on any atom is 0.0748 e. The lowest BCUT2D eigenvalue weighted by molar-refractivity contribution is 0.757. The molecule has 0 aliphatic carbocycles. The Balaban J connectivity index is 3.03. The summed E-state index contributed by atoms with van der Waals surface area (Å²) in [5.74, 6) is 0. The van der Waals surface area contributed by atoms with Gasteiger partial charge in [-0.05, 0) is 35.9 Å². The maximum absolute atomic E-state index is 5.74. The van der Waals surface area contributed by atoms with E-state index in [9.17, 15) is 0 Å². The fraction of sp³-hybridized carbons (Fsp3) is 0.444. The lowest BCUT2D eigenvalue weighted by atomic mass is 10.1. The van der Waals surface area contributed by atoms with E-state index in [0.29, 0.717) is 0 Å². The van der Waals surface area contributed by atoms with Crippen molar-refractivity contribution >= 4 is 22.0 Å². The molecule has 1 rings (SSSR count). The zero-order chi connectivity index (χ0) is 10.0. The molecule has 0 aliphatic heterocycles. The van der Waals surface area contributed by atoms with Gasteiger partial charge in [-0.25, -0.2) is 0 Å². The molecule has 4 heteroatoms. The molecule has 0 amide bonds. The molecule has 0 saturated heterocycles. The number of hydrogen-bond donors (Lipinski definition) is 1. The van der Waals surface area contributed by atoms with E-state index >= 15 is 0 Å². The van der Waals surface area contributed by atoms with Gasteiger partial charge in [0.2, 0.25) is 0 Å². The van der Waals surface area contributed by atoms with Gasteiger partial charge in [-0.2, -0.15) is 5.10 Å². The summed E-state index contributed by atoms with van der Waals surface area (Å²) < 4.78 is 2.81. The van der Waals surface area contributed by atoms with E-state index in [2.05, 4.69) is 21.0 Å². The Morgan fingerprint density at radius 2 is 2.38 bits per heavy atom. The Labute approximate surface area is 86.7 Å². The van der Waals surface area contributed by atoms with Gasteiger partial charge < -0.3 is 5.73 Å². The molecular formula is C9H14BrN3. The Morgan fingerprint density at radius 1 is 1.77 bits per heavy atom. The molecule has 72 valence electrons. The molecule has 3 nitrogen and oxygen atoms in total. The van der Waals surface area contributed by atoms with Gasteiger partial charge in [0.25, 0.3) is 0 Å². The van der Waals surface area contributed by atoms with Crippen LogP contribution in [0.2, 0.25) is 0 Å². The molecule has 0 bridgehead atoms. The lowest BCUT2D eigenvalue weighted by Crippen LogP contribution is -2.16. The second kappa shape index (κ2) is 4.07. The first-order valence-electron chi connectivity index (χ1n) is 4.13. The van der Waals surface area contributed by atoms with Crippen LogP contribution in [0.4, 0.5) is 0 Å². The van der Waals surface area contributed by atoms with E-state index in [4.69, 9.17) is 5.73 Å². The number of hydrogen-bond acceptors (Lipinski definition) is 2. The smallest absolute Gasteiger partial charge is 0.0748 e. The number of nitrogens with zero attached hydrogens (tertiary/aromatic N) is 2. The molecule has 0 fully saturated rings. The van der Waals surface area contributed by atoms with Gasteiger partial charge in [-0.3, -0.25) is 4.68 Å². The Morgan fingerprint density at radius 3 is 2.77 bits per heavy atom. The van der Waals surface area contributed by atoms with Crippen molar-refractivity contribution in [2.75, 3.05) is 0 Å². The summed E-state index contributed by atoms with van der Waals surface area (Å²) in [5, 5.41) is 4.11. The predicted octanol–water partition coefficient (Wildman–Crippen LogP) is 1.93. The Hall–Kier alpha value is -0.610. The SMILES string of the molecule is C/C(=C\c1c(Br)cnn1C)C(C)N. The van der Waals surface area contributed by atoms with Crippen LogP contribution < -0.4 is 5.73 Å². The molecule has 0 aliphatic rings. The quantitative estimate of drug-likeness (QED) is 0.863. The molecule has 0 saturated carbocycles. The minimum Gasteiger partial charge on any atom is -0.324 e. The van der Waals surface area contributed by atoms with Crippen molar-refractivity contribution in [3.05, 3.63) is 21.9 Å². The van der Waals surface area contributed by atoms with Crippen LogP contribution in [0.3, 0.4) is 0 Å². The van der Waals surface area contributed by atoms with Crippen molar-refractivity contribution in [1.29, 1.82) is 0 Å². The zero-order valence-electron chi connectivity index (χ0n) is 8.08. The van der Waals surface area contributed by atoms with Gasteiger partial charge in [0.1, 0.15) is 0 Å². The molecule has 1 atom stereocenters. The van der Waals surface area contributed by atoms with Gasteiger partial charge in [0.05, 0.1) is 16.4 Å². The molecule has 0 radical (unpaired) electrons. The highest BCUT2D eigenvalue weighted by atomic mass is 79.9. The third-order valence-electron chi connectivity index (χ3n) is 2.02. The fourth-order valence-corrected chi connectivity index (χ4v) is 1.39. The topological polar surface area (TPSA) is 43.8 Å². The molecule has 0 spiro atoms. The normalized spacial score (nSPS) is 14.7. The minimum atomic E-state index is 0.0850. The lowest BCUT2D eigenvalue weighted by Gasteiger charge is -2.05. The third-order valence-corrected chi connectivity index (χ3v) is 2.63. The summed E-state index contributed by atoms with van der Waals surface area (Å²) in [6.07, 6.45) is 3.82. The number of aryl methyl sites for hydroxylation is 1. The van der Waals surface area contributed by atoms with E-state index in [1.54, 1.807) is 6.20 Å². The second-order valence-electron chi connectivity index (χ2n) is 3.18. The van der Waals surface area contributed by atoms with Crippen molar-refractivity contribution in [1.82, 2.24) is 9.78 Å². The standard InChI is InChI=1S/C9H14BrN3/c1-6(7(2)11)4-9-8(10)5-12-13(9)3/h4-5,7H,11H2,1-3H3/b6-4+. The monoisotopic (exact) mass is 243 g/mol. The van der Waals surface area contributed by atoms with Crippen molar-refractivity contribution in [3.8, 4) is 0 Å². The molecule has 1 unspecified atom stereocenters. The third kappa shape index (κ3) is 2.42. The zero-order valence-corrected chi connectivity index (χ0v) is 9.67. The first kappa shape index (κ1) is 10.5. The molecule has 13 heavy (non-hydrogen) atoms. The highest BCUT2D eigenvalue weighted by Crippen LogP contribution is 2.18. The van der Waals surface area contributed by atoms with Crippen molar-refractivity contribution < 1.29 is 0 Å². The largest absolute Gasteiger partial charge is 0.324 e. The van der Waals surface area contributed by atoms with Crippen LogP contribution in [0.15, 0.2) is 16.2 Å². The number of aromatic nitrogens is 2. The number of halogens is 1. The van der Waals surface area contributed by atoms with Crippen LogP contribution in [0.25, 0.3) is 6.08 Å². The van der Waals surface area contributed by atoms with Crippen molar-refractivity contribution in [2.24, 2.45) is 12.8 Å². The van der Waals surface area contributed by atoms with E-state index in [1.807, 2.05) is 31.7 Å². The van der Waals surface area contributed by atoms with E-state index in [1.165, 1.54) is 0 Å². The molecule has 1 aromatic heterocycles. The van der Waals surface area contributed by atoms with Crippen molar-refractivity contribution in [3.63, 3.8) is 0 Å². The van der Waals surface area contributed by atoms with E-state index in [0.717, 1.165) is 15.7 Å². The summed E-state index contributed by atoms with van der Waals surface area (Å²) in [7, 11) is 1.91. The van der Waals surface area contributed by atoms with Gasteiger partial charge >= 0.3 is 0 Å². The predicted molar refractivity (Wildman–Crippen MR) is 58.2 cm³/mol. The average molecular weight is 244 g/mol. The first-order valence-corrected chi connectivity index (χ1v) is 4.93. The molecule has 1 aromatic rings. The van der Waals surface area contributed by atoms with Crippen LogP contribution >= 0.6 is 15.9 Å². The van der Waals surface area contributed by atoms with Crippen LogP contribution in [0.5, 0.6) is 0 Å². The average Bonchev–Trinajstić information content (AvgIpc) is 2.35. The van der Waals surface area contributed by atoms with Crippen molar-refractivity contribution in [2.45, 2.75) is 19.9 Å². The molecule has 0 aromatic carbocycles. The minimum absolute atomic E-state index is 0.0850. The van der Waals surface area contributed by atoms with Gasteiger partial charge in [0.15, 0.2) is 0 Å². The Bertz CT molecular complexity index is 306. The summed E-state index contributed by atoms with van der Waals surface area (Å²) in [6, 6.07) is 0.0850. The van der Waals surface area contributed by atoms with Crippen LogP contribution in [0.1, 0.15) is 19.5 Å². The first-order chi connectivity index (χ1) is 6.02. The van der Waals surface area contributed by atoms with Gasteiger partial charge in [0, 0.05) is 13.1 Å². The van der Waals surface area contributed by atoms with Crippen LogP contribution in [-0.2, 0) is 7.05 Å². The summed E-state index contributed by atoms with van der Waals surface area (Å²) >= 11 is 3.43. The van der Waals surface area contributed by atoms with Gasteiger partial charge in [-0.1, -0.05) is 5.57 Å². The highest BCUT2D eigenvalue weighted by Gasteiger charge is 2.04.